The van der Waals surface area contributed by atoms with Crippen LogP contribution in [0, 0.1) is 6.92 Å². The van der Waals surface area contributed by atoms with Crippen molar-refractivity contribution in [3.8, 4) is 0 Å². The number of anilines is 1. The second-order valence-electron chi connectivity index (χ2n) is 6.16. The average molecular weight is 477 g/mol. The molecule has 28 heavy (non-hydrogen) atoms. The zero-order valence-electron chi connectivity index (χ0n) is 14.5. The summed E-state index contributed by atoms with van der Waals surface area (Å²) in [5.41, 5.74) is 0.159. The molecule has 0 spiro atoms. The molecule has 0 saturated carbocycles. The number of alkyl halides is 3. The number of hydrogen-bond acceptors (Lipinski definition) is 6. The maximum atomic E-state index is 12.8. The summed E-state index contributed by atoms with van der Waals surface area (Å²) in [6.45, 7) is 2.23. The maximum Gasteiger partial charge on any atom is 0.499 e. The van der Waals surface area contributed by atoms with Gasteiger partial charge in [-0.15, -0.1) is 11.3 Å². The molecule has 0 saturated heterocycles. The van der Waals surface area contributed by atoms with Crippen LogP contribution in [-0.2, 0) is 26.3 Å². The van der Waals surface area contributed by atoms with Gasteiger partial charge in [-0.25, -0.2) is 16.8 Å². The highest BCUT2D eigenvalue weighted by Crippen LogP contribution is 2.36. The van der Waals surface area contributed by atoms with E-state index in [0.717, 1.165) is 18.3 Å². The van der Waals surface area contributed by atoms with E-state index >= 15 is 0 Å². The van der Waals surface area contributed by atoms with Crippen LogP contribution in [0.5, 0.6) is 0 Å². The van der Waals surface area contributed by atoms with Gasteiger partial charge in [0.15, 0.2) is 0 Å². The zero-order valence-corrected chi connectivity index (χ0v) is 17.7. The summed E-state index contributed by atoms with van der Waals surface area (Å²) in [5.74, 6) is 0. The molecule has 1 atom stereocenters. The normalized spacial score (nSPS) is 15.2. The Morgan fingerprint density at radius 3 is 2.36 bits per heavy atom. The Morgan fingerprint density at radius 1 is 1.18 bits per heavy atom. The molecule has 0 amide bonds. The van der Waals surface area contributed by atoms with Crippen LogP contribution in [0.3, 0.4) is 0 Å². The highest BCUT2D eigenvalue weighted by atomic mass is 35.5. The molecule has 1 unspecified atom stereocenters. The molecule has 0 bridgehead atoms. The van der Waals surface area contributed by atoms with Crippen molar-refractivity contribution in [2.45, 2.75) is 35.5 Å². The van der Waals surface area contributed by atoms with Crippen LogP contribution in [0.25, 0.3) is 0 Å². The lowest BCUT2D eigenvalue weighted by atomic mass is 10.2. The van der Waals surface area contributed by atoms with Crippen molar-refractivity contribution in [2.24, 2.45) is 5.73 Å². The minimum atomic E-state index is -5.69. The number of halogens is 4. The first kappa shape index (κ1) is 22.9. The van der Waals surface area contributed by atoms with E-state index in [0.29, 0.717) is 0 Å². The fraction of sp³-hybridized carbons (Fsp3) is 0.333. The number of nitrogens with two attached hydrogens (primary N) is 1. The van der Waals surface area contributed by atoms with Crippen LogP contribution < -0.4 is 10.5 Å². The first-order valence-corrected chi connectivity index (χ1v) is 11.8. The van der Waals surface area contributed by atoms with E-state index in [1.54, 1.807) is 0 Å². The Hall–Kier alpha value is -1.34. The van der Waals surface area contributed by atoms with Crippen molar-refractivity contribution < 1.29 is 30.0 Å². The van der Waals surface area contributed by atoms with Gasteiger partial charge < -0.3 is 5.73 Å². The van der Waals surface area contributed by atoms with E-state index in [1.165, 1.54) is 36.6 Å². The minimum absolute atomic E-state index is 0.0427. The molecule has 2 aromatic rings. The average Bonchev–Trinajstić information content (AvgIpc) is 2.94. The quantitative estimate of drug-likeness (QED) is 0.661. The number of benzene rings is 1. The molecule has 0 aliphatic carbocycles. The van der Waals surface area contributed by atoms with Gasteiger partial charge in [0.1, 0.15) is 4.87 Å². The van der Waals surface area contributed by atoms with Gasteiger partial charge in [0.05, 0.1) is 10.6 Å². The monoisotopic (exact) mass is 476 g/mol. The molecule has 13 heteroatoms. The van der Waals surface area contributed by atoms with Gasteiger partial charge >= 0.3 is 5.51 Å². The summed E-state index contributed by atoms with van der Waals surface area (Å²) in [5, 5.41) is 1.63. The Morgan fingerprint density at radius 2 is 1.79 bits per heavy atom. The van der Waals surface area contributed by atoms with Crippen molar-refractivity contribution in [2.75, 3.05) is 4.72 Å². The molecule has 6 nitrogen and oxygen atoms in total. The molecule has 3 N–H and O–H groups in total. The van der Waals surface area contributed by atoms with Crippen molar-refractivity contribution in [3.63, 3.8) is 0 Å². The number of nitrogens with one attached hydrogen (secondary N) is 1. The molecule has 2 rings (SSSR count). The third kappa shape index (κ3) is 4.30. The van der Waals surface area contributed by atoms with Crippen LogP contribution >= 0.6 is 22.9 Å². The fourth-order valence-corrected chi connectivity index (χ4v) is 5.93. The second-order valence-corrected chi connectivity index (χ2v) is 11.6. The number of hydrogen-bond donors (Lipinski definition) is 2. The topological polar surface area (TPSA) is 106 Å². The second kappa shape index (κ2) is 7.48. The van der Waals surface area contributed by atoms with Crippen molar-refractivity contribution in [1.82, 2.24) is 0 Å². The van der Waals surface area contributed by atoms with Crippen molar-refractivity contribution in [1.29, 1.82) is 0 Å². The Labute approximate surface area is 169 Å². The summed E-state index contributed by atoms with van der Waals surface area (Å²) < 4.78 is 89.5. The summed E-state index contributed by atoms with van der Waals surface area (Å²) in [6, 6.07) is 5.57. The number of sulfonamides is 1. The molecule has 1 aromatic heterocycles. The minimum Gasteiger partial charge on any atom is -0.312 e. The van der Waals surface area contributed by atoms with E-state index in [-0.39, 0.29) is 26.0 Å². The number of rotatable bonds is 6. The maximum absolute atomic E-state index is 12.8. The van der Waals surface area contributed by atoms with Gasteiger partial charge in [-0.1, -0.05) is 17.7 Å². The first-order chi connectivity index (χ1) is 12.6. The van der Waals surface area contributed by atoms with Crippen LogP contribution in [0.15, 0.2) is 34.5 Å². The fourth-order valence-electron chi connectivity index (χ4n) is 2.33. The first-order valence-electron chi connectivity index (χ1n) is 7.54. The van der Waals surface area contributed by atoms with Crippen LogP contribution in [0.2, 0.25) is 5.02 Å². The van der Waals surface area contributed by atoms with E-state index in [9.17, 15) is 30.0 Å². The molecule has 1 heterocycles. The summed E-state index contributed by atoms with van der Waals surface area (Å²) in [7, 11) is -9.81. The van der Waals surface area contributed by atoms with Crippen LogP contribution in [0.1, 0.15) is 17.4 Å². The molecule has 1 aromatic carbocycles. The van der Waals surface area contributed by atoms with E-state index in [2.05, 4.69) is 4.72 Å². The molecule has 0 radical (unpaired) electrons. The van der Waals surface area contributed by atoms with Crippen molar-refractivity contribution >= 4 is 48.5 Å². The van der Waals surface area contributed by atoms with Gasteiger partial charge in [0.25, 0.3) is 19.9 Å². The number of sulfone groups is 1. The third-order valence-electron chi connectivity index (χ3n) is 3.93. The summed E-state index contributed by atoms with van der Waals surface area (Å²) >= 11 is 6.81. The van der Waals surface area contributed by atoms with Crippen LogP contribution in [-0.4, -0.2) is 27.2 Å². The van der Waals surface area contributed by atoms with Crippen LogP contribution in [0.4, 0.5) is 18.9 Å². The predicted octanol–water partition coefficient (Wildman–Crippen LogP) is 3.66. The van der Waals surface area contributed by atoms with Gasteiger partial charge in [-0.2, -0.15) is 13.2 Å². The summed E-state index contributed by atoms with van der Waals surface area (Å²) in [6.07, 6.45) is -0.737. The molecular formula is C15H16ClF3N2O4S3. The van der Waals surface area contributed by atoms with Gasteiger partial charge in [-0.3, -0.25) is 4.72 Å². The molecule has 0 aliphatic rings. The Balaban J connectivity index is 2.38. The lowest BCUT2D eigenvalue weighted by molar-refractivity contribution is -0.0457. The van der Waals surface area contributed by atoms with Crippen molar-refractivity contribution in [3.05, 3.63) is 45.1 Å². The van der Waals surface area contributed by atoms with Gasteiger partial charge in [-0.05, 0) is 43.0 Å². The Bertz CT molecular complexity index is 1090. The third-order valence-corrected chi connectivity index (χ3v) is 8.75. The predicted molar refractivity (Wildman–Crippen MR) is 103 cm³/mol. The lowest BCUT2D eigenvalue weighted by Gasteiger charge is -2.25. The smallest absolute Gasteiger partial charge is 0.312 e. The van der Waals surface area contributed by atoms with E-state index < -0.39 is 36.7 Å². The molecule has 156 valence electrons. The highest BCUT2D eigenvalue weighted by molar-refractivity contribution is 7.93. The van der Waals surface area contributed by atoms with Gasteiger partial charge in [0.2, 0.25) is 0 Å². The standard InChI is InChI=1S/C15H16ClF3N2O4S3/c1-9-10(16)4-3-5-13(9)27(22,23)21-11-6-7-26-12(11)8-14(2,20)28(24,25)15(17,18)19/h3-7,21H,8,20H2,1-2H3. The SMILES string of the molecule is Cc1c(Cl)cccc1S(=O)(=O)Nc1ccsc1CC(C)(N)S(=O)(=O)C(F)(F)F. The Kier molecular flexibility index (Phi) is 6.13. The lowest BCUT2D eigenvalue weighted by Crippen LogP contribution is -2.52. The summed E-state index contributed by atoms with van der Waals surface area (Å²) in [4.78, 5) is -2.75. The number of thiophene rings is 1. The zero-order chi connectivity index (χ0) is 21.5. The molecule has 0 fully saturated rings. The molecular weight excluding hydrogens is 461 g/mol. The van der Waals surface area contributed by atoms with E-state index in [4.69, 9.17) is 17.3 Å². The molecule has 0 aliphatic heterocycles. The van der Waals surface area contributed by atoms with E-state index in [1.807, 2.05) is 0 Å². The largest absolute Gasteiger partial charge is 0.499 e. The van der Waals surface area contributed by atoms with Gasteiger partial charge in [0, 0.05) is 16.3 Å². The highest BCUT2D eigenvalue weighted by Gasteiger charge is 2.55.